The number of aromatic nitrogens is 1. The van der Waals surface area contributed by atoms with E-state index in [2.05, 4.69) is 4.98 Å². The fraction of sp³-hybridized carbons (Fsp3) is 0.182. The zero-order valence-corrected chi connectivity index (χ0v) is 8.82. The number of nitrogens with zero attached hydrogens (tertiary/aromatic N) is 1. The Morgan fingerprint density at radius 2 is 2.20 bits per heavy atom. The fourth-order valence-corrected chi connectivity index (χ4v) is 1.52. The molecule has 15 heavy (non-hydrogen) atoms. The predicted molar refractivity (Wildman–Crippen MR) is 58.6 cm³/mol. The predicted octanol–water partition coefficient (Wildman–Crippen LogP) is 2.57. The van der Waals surface area contributed by atoms with Gasteiger partial charge in [-0.25, -0.2) is 0 Å². The van der Waals surface area contributed by atoms with Gasteiger partial charge in [0.1, 0.15) is 5.76 Å². The Hall–Kier alpha value is -1.32. The molecule has 2 N–H and O–H groups in total. The second kappa shape index (κ2) is 4.47. The summed E-state index contributed by atoms with van der Waals surface area (Å²) < 4.78 is 5.23. The highest BCUT2D eigenvalue weighted by molar-refractivity contribution is 6.28. The van der Waals surface area contributed by atoms with Gasteiger partial charge in [-0.2, -0.15) is 0 Å². The molecule has 2 aromatic rings. The van der Waals surface area contributed by atoms with Crippen molar-refractivity contribution < 1.29 is 4.42 Å². The molecule has 2 aromatic heterocycles. The number of hydrogen-bond acceptors (Lipinski definition) is 3. The maximum atomic E-state index is 5.95. The molecule has 0 aromatic carbocycles. The summed E-state index contributed by atoms with van der Waals surface area (Å²) in [6, 6.07) is 9.02. The Kier molecular flexibility index (Phi) is 3.04. The molecule has 0 fully saturated rings. The maximum Gasteiger partial charge on any atom is 0.193 e. The smallest absolute Gasteiger partial charge is 0.193 e. The van der Waals surface area contributed by atoms with E-state index >= 15 is 0 Å². The van der Waals surface area contributed by atoms with Crippen LogP contribution in [0.5, 0.6) is 0 Å². The summed E-state index contributed by atoms with van der Waals surface area (Å²) in [5, 5.41) is 0.362. The van der Waals surface area contributed by atoms with E-state index in [1.165, 1.54) is 0 Å². The molecular formula is C11H11ClN2O. The van der Waals surface area contributed by atoms with Crippen LogP contribution in [0.15, 0.2) is 40.9 Å². The van der Waals surface area contributed by atoms with Crippen molar-refractivity contribution in [2.75, 3.05) is 0 Å². The van der Waals surface area contributed by atoms with Crippen LogP contribution in [-0.4, -0.2) is 4.98 Å². The van der Waals surface area contributed by atoms with E-state index in [1.807, 2.05) is 18.2 Å². The van der Waals surface area contributed by atoms with E-state index in [0.29, 0.717) is 17.4 Å². The van der Waals surface area contributed by atoms with E-state index in [-0.39, 0.29) is 6.04 Å². The summed E-state index contributed by atoms with van der Waals surface area (Å²) in [6.45, 7) is 0. The van der Waals surface area contributed by atoms with Gasteiger partial charge in [-0.05, 0) is 35.9 Å². The van der Waals surface area contributed by atoms with E-state index in [4.69, 9.17) is 21.8 Å². The highest BCUT2D eigenvalue weighted by Gasteiger charge is 2.11. The SMILES string of the molecule is NC(Cc1ccccn1)c1ccc(Cl)o1. The highest BCUT2D eigenvalue weighted by atomic mass is 35.5. The molecule has 1 unspecified atom stereocenters. The Balaban J connectivity index is 2.07. The van der Waals surface area contributed by atoms with Gasteiger partial charge in [-0.15, -0.1) is 0 Å². The maximum absolute atomic E-state index is 5.95. The topological polar surface area (TPSA) is 52.0 Å². The standard InChI is InChI=1S/C11H11ClN2O/c12-11-5-4-10(15-11)9(13)7-8-3-1-2-6-14-8/h1-6,9H,7,13H2. The van der Waals surface area contributed by atoms with E-state index in [0.717, 1.165) is 5.69 Å². The lowest BCUT2D eigenvalue weighted by molar-refractivity contribution is 0.464. The summed E-state index contributed by atoms with van der Waals surface area (Å²) in [6.07, 6.45) is 2.39. The van der Waals surface area contributed by atoms with Crippen molar-refractivity contribution in [3.63, 3.8) is 0 Å². The van der Waals surface area contributed by atoms with Crippen molar-refractivity contribution in [1.82, 2.24) is 4.98 Å². The minimum absolute atomic E-state index is 0.201. The molecule has 0 saturated heterocycles. The minimum atomic E-state index is -0.201. The lowest BCUT2D eigenvalue weighted by Gasteiger charge is -2.07. The lowest BCUT2D eigenvalue weighted by Crippen LogP contribution is -2.13. The van der Waals surface area contributed by atoms with Gasteiger partial charge in [0.2, 0.25) is 0 Å². The van der Waals surface area contributed by atoms with E-state index < -0.39 is 0 Å². The third kappa shape index (κ3) is 2.58. The second-order valence-electron chi connectivity index (χ2n) is 3.27. The number of furan rings is 1. The van der Waals surface area contributed by atoms with Gasteiger partial charge in [0.25, 0.3) is 0 Å². The molecular weight excluding hydrogens is 212 g/mol. The first kappa shape index (κ1) is 10.2. The average molecular weight is 223 g/mol. The molecule has 0 radical (unpaired) electrons. The normalized spacial score (nSPS) is 12.7. The second-order valence-corrected chi connectivity index (χ2v) is 3.65. The molecule has 0 saturated carbocycles. The zero-order valence-electron chi connectivity index (χ0n) is 8.06. The van der Waals surface area contributed by atoms with Crippen LogP contribution in [0.25, 0.3) is 0 Å². The van der Waals surface area contributed by atoms with Crippen molar-refractivity contribution in [1.29, 1.82) is 0 Å². The molecule has 0 spiro atoms. The molecule has 4 heteroatoms. The van der Waals surface area contributed by atoms with Crippen molar-refractivity contribution >= 4 is 11.6 Å². The summed E-state index contributed by atoms with van der Waals surface area (Å²) in [5.41, 5.74) is 6.89. The van der Waals surface area contributed by atoms with Crippen LogP contribution in [0, 0.1) is 0 Å². The molecule has 1 atom stereocenters. The van der Waals surface area contributed by atoms with Gasteiger partial charge in [-0.1, -0.05) is 6.07 Å². The van der Waals surface area contributed by atoms with Gasteiger partial charge >= 0.3 is 0 Å². The van der Waals surface area contributed by atoms with Crippen LogP contribution in [0.2, 0.25) is 5.22 Å². The quantitative estimate of drug-likeness (QED) is 0.869. The molecule has 0 bridgehead atoms. The van der Waals surface area contributed by atoms with Crippen molar-refractivity contribution in [3.05, 3.63) is 53.2 Å². The summed E-state index contributed by atoms with van der Waals surface area (Å²) in [7, 11) is 0. The summed E-state index contributed by atoms with van der Waals surface area (Å²) in [5.74, 6) is 0.686. The Bertz CT molecular complexity index is 427. The molecule has 0 aliphatic carbocycles. The average Bonchev–Trinajstić information content (AvgIpc) is 2.66. The van der Waals surface area contributed by atoms with E-state index in [1.54, 1.807) is 18.3 Å². The third-order valence-corrected chi connectivity index (χ3v) is 2.32. The monoisotopic (exact) mass is 222 g/mol. The number of nitrogens with two attached hydrogens (primary N) is 1. The molecule has 0 amide bonds. The van der Waals surface area contributed by atoms with Gasteiger partial charge in [-0.3, -0.25) is 4.98 Å². The molecule has 3 nitrogen and oxygen atoms in total. The zero-order chi connectivity index (χ0) is 10.7. The summed E-state index contributed by atoms with van der Waals surface area (Å²) in [4.78, 5) is 4.20. The third-order valence-electron chi connectivity index (χ3n) is 2.11. The first-order valence-electron chi connectivity index (χ1n) is 4.66. The van der Waals surface area contributed by atoms with Crippen LogP contribution in [0.4, 0.5) is 0 Å². The molecule has 2 heterocycles. The van der Waals surface area contributed by atoms with Gasteiger partial charge in [0.15, 0.2) is 5.22 Å². The number of hydrogen-bond donors (Lipinski definition) is 1. The number of pyridine rings is 1. The molecule has 0 aliphatic heterocycles. The van der Waals surface area contributed by atoms with Crippen LogP contribution >= 0.6 is 11.6 Å². The Labute approximate surface area is 92.9 Å². The van der Waals surface area contributed by atoms with Gasteiger partial charge in [0, 0.05) is 18.3 Å². The first-order valence-corrected chi connectivity index (χ1v) is 5.04. The van der Waals surface area contributed by atoms with Gasteiger partial charge in [0.05, 0.1) is 6.04 Å². The van der Waals surface area contributed by atoms with Crippen molar-refractivity contribution in [3.8, 4) is 0 Å². The van der Waals surface area contributed by atoms with Crippen molar-refractivity contribution in [2.45, 2.75) is 12.5 Å². The molecule has 0 aliphatic rings. The fourth-order valence-electron chi connectivity index (χ4n) is 1.37. The Morgan fingerprint density at radius 3 is 2.80 bits per heavy atom. The first-order chi connectivity index (χ1) is 7.25. The summed E-state index contributed by atoms with van der Waals surface area (Å²) >= 11 is 5.67. The van der Waals surface area contributed by atoms with Crippen LogP contribution < -0.4 is 5.73 Å². The number of halogens is 1. The van der Waals surface area contributed by atoms with Crippen LogP contribution in [0.1, 0.15) is 17.5 Å². The largest absolute Gasteiger partial charge is 0.448 e. The molecule has 78 valence electrons. The minimum Gasteiger partial charge on any atom is -0.448 e. The van der Waals surface area contributed by atoms with Crippen LogP contribution in [0.3, 0.4) is 0 Å². The van der Waals surface area contributed by atoms with Crippen LogP contribution in [-0.2, 0) is 6.42 Å². The molecule has 2 rings (SSSR count). The Morgan fingerprint density at radius 1 is 1.33 bits per heavy atom. The van der Waals surface area contributed by atoms with Gasteiger partial charge < -0.3 is 10.2 Å². The number of rotatable bonds is 3. The lowest BCUT2D eigenvalue weighted by atomic mass is 10.1. The van der Waals surface area contributed by atoms with E-state index in [9.17, 15) is 0 Å². The highest BCUT2D eigenvalue weighted by Crippen LogP contribution is 2.20. The van der Waals surface area contributed by atoms with Crippen molar-refractivity contribution in [2.24, 2.45) is 5.73 Å².